The van der Waals surface area contributed by atoms with Crippen molar-refractivity contribution >= 4 is 54.8 Å². The molecule has 3 rings (SSSR count). The van der Waals surface area contributed by atoms with E-state index in [1.807, 2.05) is 0 Å². The first-order valence-electron chi connectivity index (χ1n) is 7.79. The third kappa shape index (κ3) is 4.88. The van der Waals surface area contributed by atoms with Crippen molar-refractivity contribution in [2.24, 2.45) is 0 Å². The highest BCUT2D eigenvalue weighted by molar-refractivity contribution is 9.10. The molecule has 0 aliphatic carbocycles. The molecule has 0 bridgehead atoms. The van der Waals surface area contributed by atoms with Gasteiger partial charge in [-0.05, 0) is 54.6 Å². The van der Waals surface area contributed by atoms with Crippen LogP contribution < -0.4 is 10.0 Å². The van der Waals surface area contributed by atoms with Gasteiger partial charge in [-0.25, -0.2) is 8.42 Å². The number of hydrogen-bond donors (Lipinski definition) is 2. The molecule has 0 saturated heterocycles. The van der Waals surface area contributed by atoms with Crippen molar-refractivity contribution in [1.82, 2.24) is 0 Å². The lowest BCUT2D eigenvalue weighted by Crippen LogP contribution is -2.16. The fraction of sp³-hybridized carbons (Fsp3) is 0. The van der Waals surface area contributed by atoms with Gasteiger partial charge in [0.05, 0.1) is 15.6 Å². The van der Waals surface area contributed by atoms with Gasteiger partial charge in [0.25, 0.3) is 15.9 Å². The van der Waals surface area contributed by atoms with Crippen molar-refractivity contribution in [1.29, 1.82) is 0 Å². The molecule has 1 amide bonds. The van der Waals surface area contributed by atoms with Crippen LogP contribution in [0, 0.1) is 0 Å². The van der Waals surface area contributed by atoms with Crippen LogP contribution in [0.1, 0.15) is 10.4 Å². The lowest BCUT2D eigenvalue weighted by Gasteiger charge is -2.11. The fourth-order valence-corrected chi connectivity index (χ4v) is 3.92. The van der Waals surface area contributed by atoms with Crippen LogP contribution in [0.4, 0.5) is 11.4 Å². The van der Waals surface area contributed by atoms with Crippen LogP contribution in [0.5, 0.6) is 0 Å². The zero-order valence-corrected chi connectivity index (χ0v) is 17.0. The first-order chi connectivity index (χ1) is 12.8. The number of hydrogen-bond acceptors (Lipinski definition) is 3. The van der Waals surface area contributed by atoms with Gasteiger partial charge < -0.3 is 5.32 Å². The Bertz CT molecular complexity index is 1090. The van der Waals surface area contributed by atoms with E-state index in [1.165, 1.54) is 18.2 Å². The van der Waals surface area contributed by atoms with Crippen LogP contribution in [0.2, 0.25) is 5.02 Å². The van der Waals surface area contributed by atoms with E-state index in [0.717, 1.165) is 4.47 Å². The molecule has 5 nitrogen and oxygen atoms in total. The van der Waals surface area contributed by atoms with E-state index in [-0.39, 0.29) is 21.2 Å². The first kappa shape index (κ1) is 19.4. The number of nitrogens with one attached hydrogen (secondary N) is 2. The van der Waals surface area contributed by atoms with Gasteiger partial charge in [0.1, 0.15) is 0 Å². The molecule has 3 aromatic carbocycles. The normalized spacial score (nSPS) is 11.0. The van der Waals surface area contributed by atoms with E-state index < -0.39 is 15.9 Å². The number of para-hydroxylation sites is 1. The zero-order valence-electron chi connectivity index (χ0n) is 13.8. The molecule has 0 fully saturated rings. The summed E-state index contributed by atoms with van der Waals surface area (Å²) < 4.78 is 28.6. The predicted molar refractivity (Wildman–Crippen MR) is 111 cm³/mol. The van der Waals surface area contributed by atoms with Crippen LogP contribution in [-0.2, 0) is 10.0 Å². The zero-order chi connectivity index (χ0) is 19.4. The number of carbonyl (C=O) groups is 1. The molecule has 3 aromatic rings. The second-order valence-electron chi connectivity index (χ2n) is 5.57. The Morgan fingerprint density at radius 1 is 0.926 bits per heavy atom. The average Bonchev–Trinajstić information content (AvgIpc) is 2.65. The Hall–Kier alpha value is -2.35. The van der Waals surface area contributed by atoms with E-state index in [1.54, 1.807) is 54.6 Å². The summed E-state index contributed by atoms with van der Waals surface area (Å²) in [6, 6.07) is 19.4. The molecule has 0 unspecified atom stereocenters. The van der Waals surface area contributed by atoms with Crippen LogP contribution in [0.15, 0.2) is 82.2 Å². The SMILES string of the molecule is O=C(Nc1ccc(Br)cc1)c1cccc(S(=O)(=O)Nc2ccccc2Cl)c1. The summed E-state index contributed by atoms with van der Waals surface area (Å²) in [7, 11) is -3.89. The minimum absolute atomic E-state index is 0.0362. The van der Waals surface area contributed by atoms with Gasteiger partial charge in [-0.3, -0.25) is 9.52 Å². The van der Waals surface area contributed by atoms with E-state index in [0.29, 0.717) is 5.69 Å². The summed E-state index contributed by atoms with van der Waals surface area (Å²) in [5, 5.41) is 3.01. The Morgan fingerprint density at radius 2 is 1.63 bits per heavy atom. The van der Waals surface area contributed by atoms with Gasteiger partial charge in [-0.15, -0.1) is 0 Å². The molecule has 0 aromatic heterocycles. The molecule has 0 saturated carbocycles. The highest BCUT2D eigenvalue weighted by Gasteiger charge is 2.17. The Balaban J connectivity index is 1.83. The Labute approximate surface area is 170 Å². The van der Waals surface area contributed by atoms with Crippen LogP contribution >= 0.6 is 27.5 Å². The topological polar surface area (TPSA) is 75.3 Å². The number of halogens is 2. The quantitative estimate of drug-likeness (QED) is 0.547. The maximum absolute atomic E-state index is 12.6. The number of carbonyl (C=O) groups excluding carboxylic acids is 1. The highest BCUT2D eigenvalue weighted by atomic mass is 79.9. The fourth-order valence-electron chi connectivity index (χ4n) is 2.29. The summed E-state index contributed by atoms with van der Waals surface area (Å²) in [6.45, 7) is 0. The van der Waals surface area contributed by atoms with Crippen LogP contribution in [0.3, 0.4) is 0 Å². The lowest BCUT2D eigenvalue weighted by atomic mass is 10.2. The minimum atomic E-state index is -3.89. The standard InChI is InChI=1S/C19H14BrClN2O3S/c20-14-8-10-15(11-9-14)22-19(24)13-4-3-5-16(12-13)27(25,26)23-18-7-2-1-6-17(18)21/h1-12,23H,(H,22,24). The molecular formula is C19H14BrClN2O3S. The molecule has 0 aliphatic rings. The first-order valence-corrected chi connectivity index (χ1v) is 10.4. The summed E-state index contributed by atoms with van der Waals surface area (Å²) in [6.07, 6.45) is 0. The average molecular weight is 466 g/mol. The third-order valence-corrected chi connectivity index (χ3v) is 5.85. The smallest absolute Gasteiger partial charge is 0.261 e. The summed E-state index contributed by atoms with van der Waals surface area (Å²) >= 11 is 9.33. The molecule has 8 heteroatoms. The van der Waals surface area contributed by atoms with E-state index in [9.17, 15) is 13.2 Å². The second-order valence-corrected chi connectivity index (χ2v) is 8.58. The molecule has 0 heterocycles. The number of rotatable bonds is 5. The van der Waals surface area contributed by atoms with E-state index >= 15 is 0 Å². The van der Waals surface area contributed by atoms with Gasteiger partial charge in [0, 0.05) is 15.7 Å². The van der Waals surface area contributed by atoms with E-state index in [2.05, 4.69) is 26.0 Å². The maximum Gasteiger partial charge on any atom is 0.261 e. The van der Waals surface area contributed by atoms with Crippen molar-refractivity contribution in [3.63, 3.8) is 0 Å². The highest BCUT2D eigenvalue weighted by Crippen LogP contribution is 2.24. The number of sulfonamides is 1. The van der Waals surface area contributed by atoms with Crippen LogP contribution in [0.25, 0.3) is 0 Å². The van der Waals surface area contributed by atoms with Crippen molar-refractivity contribution in [3.8, 4) is 0 Å². The third-order valence-electron chi connectivity index (χ3n) is 3.63. The molecule has 138 valence electrons. The van der Waals surface area contributed by atoms with Crippen molar-refractivity contribution < 1.29 is 13.2 Å². The number of benzene rings is 3. The Kier molecular flexibility index (Phi) is 5.84. The van der Waals surface area contributed by atoms with Gasteiger partial charge in [-0.1, -0.05) is 45.7 Å². The van der Waals surface area contributed by atoms with Gasteiger partial charge >= 0.3 is 0 Å². The maximum atomic E-state index is 12.6. The van der Waals surface area contributed by atoms with Crippen molar-refractivity contribution in [2.75, 3.05) is 10.0 Å². The summed E-state index contributed by atoms with van der Waals surface area (Å²) in [5.41, 5.74) is 1.09. The number of amides is 1. The monoisotopic (exact) mass is 464 g/mol. The number of anilines is 2. The van der Waals surface area contributed by atoms with Crippen LogP contribution in [-0.4, -0.2) is 14.3 Å². The second kappa shape index (κ2) is 8.12. The van der Waals surface area contributed by atoms with Gasteiger partial charge in [0.2, 0.25) is 0 Å². The summed E-state index contributed by atoms with van der Waals surface area (Å²) in [4.78, 5) is 12.4. The van der Waals surface area contributed by atoms with Gasteiger partial charge in [0.15, 0.2) is 0 Å². The predicted octanol–water partition coefficient (Wildman–Crippen LogP) is 5.16. The molecular weight excluding hydrogens is 452 g/mol. The van der Waals surface area contributed by atoms with E-state index in [4.69, 9.17) is 11.6 Å². The lowest BCUT2D eigenvalue weighted by molar-refractivity contribution is 0.102. The minimum Gasteiger partial charge on any atom is -0.322 e. The molecule has 2 N–H and O–H groups in total. The molecule has 27 heavy (non-hydrogen) atoms. The molecule has 0 atom stereocenters. The summed E-state index contributed by atoms with van der Waals surface area (Å²) in [5.74, 6) is -0.410. The van der Waals surface area contributed by atoms with Crippen molar-refractivity contribution in [2.45, 2.75) is 4.90 Å². The molecule has 0 aliphatic heterocycles. The largest absolute Gasteiger partial charge is 0.322 e. The van der Waals surface area contributed by atoms with Gasteiger partial charge in [-0.2, -0.15) is 0 Å². The van der Waals surface area contributed by atoms with Crippen molar-refractivity contribution in [3.05, 3.63) is 87.9 Å². The Morgan fingerprint density at radius 3 is 2.33 bits per heavy atom. The molecule has 0 radical (unpaired) electrons. The molecule has 0 spiro atoms.